The van der Waals surface area contributed by atoms with Crippen LogP contribution in [0.2, 0.25) is 0 Å². The maximum atomic E-state index is 11.9. The molecule has 5 rings (SSSR count). The molecule has 0 spiro atoms. The van der Waals surface area contributed by atoms with E-state index in [0.29, 0.717) is 16.0 Å². The Hall–Kier alpha value is -4.19. The summed E-state index contributed by atoms with van der Waals surface area (Å²) in [6.45, 7) is -0.0474. The number of ether oxygens (including phenoxy) is 1. The molecule has 192 valence electrons. The number of carbonyl (C=O) groups excluding carboxylic acids is 2. The Balaban J connectivity index is 0.000000186. The molecule has 38 heavy (non-hydrogen) atoms. The van der Waals surface area contributed by atoms with Gasteiger partial charge in [0.25, 0.3) is 5.91 Å². The maximum Gasteiger partial charge on any atom is 0.264 e. The molecule has 0 bridgehead atoms. The standard InChI is InChI=1S/C16H13N3O2S.C10H8ClN3OS/c20-15(10-21-13-4-2-1-3-5-13)19-16-18-14(11-22-16)12-6-8-17-9-7-12;11-5-9(15)14-10-13-8(6-16-10)7-1-3-12-4-2-7/h1-9,11H,10H2,(H,18,19,20);1-4,6H,5H2,(H,13,14,15). The number of amides is 2. The molecule has 0 aliphatic rings. The summed E-state index contributed by atoms with van der Waals surface area (Å²) in [5.41, 5.74) is 3.56. The molecule has 0 saturated carbocycles. The van der Waals surface area contributed by atoms with Crippen molar-refractivity contribution in [2.45, 2.75) is 0 Å². The molecule has 0 aliphatic heterocycles. The van der Waals surface area contributed by atoms with Gasteiger partial charge in [-0.05, 0) is 36.4 Å². The molecular weight excluding hydrogens is 544 g/mol. The van der Waals surface area contributed by atoms with E-state index in [1.54, 1.807) is 36.9 Å². The zero-order valence-corrected chi connectivity index (χ0v) is 22.2. The Labute approximate surface area is 231 Å². The zero-order valence-electron chi connectivity index (χ0n) is 19.8. The summed E-state index contributed by atoms with van der Waals surface area (Å²) in [6.07, 6.45) is 6.82. The van der Waals surface area contributed by atoms with E-state index in [1.807, 2.05) is 53.2 Å². The molecule has 0 fully saturated rings. The Kier molecular flexibility index (Phi) is 9.85. The van der Waals surface area contributed by atoms with Crippen LogP contribution in [-0.4, -0.2) is 44.2 Å². The highest BCUT2D eigenvalue weighted by Gasteiger charge is 2.09. The van der Waals surface area contributed by atoms with Crippen LogP contribution in [0.25, 0.3) is 22.5 Å². The third kappa shape index (κ3) is 8.17. The lowest BCUT2D eigenvalue weighted by Crippen LogP contribution is -2.19. The van der Waals surface area contributed by atoms with Crippen molar-refractivity contribution in [3.05, 3.63) is 90.1 Å². The number of halogens is 1. The first kappa shape index (κ1) is 26.9. The number of benzene rings is 1. The van der Waals surface area contributed by atoms with Gasteiger partial charge in [-0.2, -0.15) is 0 Å². The summed E-state index contributed by atoms with van der Waals surface area (Å²) < 4.78 is 5.39. The third-order valence-corrected chi connectivity index (χ3v) is 6.45. The fraction of sp³-hybridized carbons (Fsp3) is 0.0769. The lowest BCUT2D eigenvalue weighted by Gasteiger charge is -2.05. The van der Waals surface area contributed by atoms with Gasteiger partial charge in [0.1, 0.15) is 11.6 Å². The van der Waals surface area contributed by atoms with Crippen molar-refractivity contribution in [1.82, 2.24) is 19.9 Å². The van der Waals surface area contributed by atoms with Crippen LogP contribution in [0.4, 0.5) is 10.3 Å². The van der Waals surface area contributed by atoms with E-state index >= 15 is 0 Å². The SMILES string of the molecule is O=C(CCl)Nc1nc(-c2ccncc2)cs1.O=C(COc1ccccc1)Nc1nc(-c2ccncc2)cs1. The fourth-order valence-corrected chi connectivity index (χ4v) is 4.48. The smallest absolute Gasteiger partial charge is 0.264 e. The number of para-hydroxylation sites is 1. The summed E-state index contributed by atoms with van der Waals surface area (Å²) in [4.78, 5) is 39.4. The lowest BCUT2D eigenvalue weighted by atomic mass is 10.2. The number of carbonyl (C=O) groups is 2. The van der Waals surface area contributed by atoms with Crippen LogP contribution in [0.3, 0.4) is 0 Å². The second-order valence-electron chi connectivity index (χ2n) is 7.38. The van der Waals surface area contributed by atoms with E-state index in [1.165, 1.54) is 22.7 Å². The van der Waals surface area contributed by atoms with Crippen LogP contribution >= 0.6 is 34.3 Å². The number of hydrogen-bond acceptors (Lipinski definition) is 9. The molecule has 2 N–H and O–H groups in total. The van der Waals surface area contributed by atoms with Crippen LogP contribution in [0, 0.1) is 0 Å². The first-order valence-electron chi connectivity index (χ1n) is 11.2. The van der Waals surface area contributed by atoms with Gasteiger partial charge in [-0.3, -0.25) is 24.9 Å². The van der Waals surface area contributed by atoms with Gasteiger partial charge in [-0.1, -0.05) is 18.2 Å². The van der Waals surface area contributed by atoms with Gasteiger partial charge in [-0.15, -0.1) is 34.3 Å². The van der Waals surface area contributed by atoms with Gasteiger partial charge in [-0.25, -0.2) is 9.97 Å². The van der Waals surface area contributed by atoms with Crippen molar-refractivity contribution in [3.63, 3.8) is 0 Å². The minimum Gasteiger partial charge on any atom is -0.484 e. The predicted molar refractivity (Wildman–Crippen MR) is 151 cm³/mol. The summed E-state index contributed by atoms with van der Waals surface area (Å²) in [6, 6.07) is 16.7. The summed E-state index contributed by atoms with van der Waals surface area (Å²) in [5, 5.41) is 10.2. The van der Waals surface area contributed by atoms with Crippen molar-refractivity contribution in [1.29, 1.82) is 0 Å². The predicted octanol–water partition coefficient (Wildman–Crippen LogP) is 5.61. The number of rotatable bonds is 8. The Bertz CT molecular complexity index is 1450. The Morgan fingerprint density at radius 2 is 1.24 bits per heavy atom. The number of anilines is 2. The van der Waals surface area contributed by atoms with Gasteiger partial charge in [0.2, 0.25) is 5.91 Å². The van der Waals surface area contributed by atoms with Crippen LogP contribution in [0.1, 0.15) is 0 Å². The van der Waals surface area contributed by atoms with E-state index in [9.17, 15) is 9.59 Å². The summed E-state index contributed by atoms with van der Waals surface area (Å²) >= 11 is 8.12. The molecule has 2 amide bonds. The second-order valence-corrected chi connectivity index (χ2v) is 9.36. The van der Waals surface area contributed by atoms with E-state index < -0.39 is 0 Å². The quantitative estimate of drug-likeness (QED) is 0.235. The molecule has 5 aromatic rings. The molecular formula is C26H21ClN6O3S2. The first-order valence-corrected chi connectivity index (χ1v) is 13.5. The number of alkyl halides is 1. The van der Waals surface area contributed by atoms with Gasteiger partial charge < -0.3 is 10.1 Å². The largest absolute Gasteiger partial charge is 0.484 e. The highest BCUT2D eigenvalue weighted by molar-refractivity contribution is 7.14. The number of pyridine rings is 2. The molecule has 0 aliphatic carbocycles. The first-order chi connectivity index (χ1) is 18.6. The van der Waals surface area contributed by atoms with Crippen LogP contribution < -0.4 is 15.4 Å². The maximum absolute atomic E-state index is 11.9. The minimum absolute atomic E-state index is 0.0474. The average molecular weight is 565 g/mol. The van der Waals surface area contributed by atoms with Crippen molar-refractivity contribution in [2.75, 3.05) is 23.1 Å². The van der Waals surface area contributed by atoms with Crippen molar-refractivity contribution >= 4 is 56.4 Å². The molecule has 0 atom stereocenters. The van der Waals surface area contributed by atoms with E-state index in [-0.39, 0.29) is 24.3 Å². The second kappa shape index (κ2) is 13.9. The molecule has 9 nitrogen and oxygen atoms in total. The highest BCUT2D eigenvalue weighted by Crippen LogP contribution is 2.25. The highest BCUT2D eigenvalue weighted by atomic mass is 35.5. The molecule has 4 heterocycles. The van der Waals surface area contributed by atoms with Crippen LogP contribution in [0.5, 0.6) is 5.75 Å². The molecule has 1 aromatic carbocycles. The molecule has 4 aromatic heterocycles. The van der Waals surface area contributed by atoms with E-state index in [2.05, 4.69) is 30.6 Å². The lowest BCUT2D eigenvalue weighted by molar-refractivity contribution is -0.118. The molecule has 12 heteroatoms. The topological polar surface area (TPSA) is 119 Å². The third-order valence-electron chi connectivity index (χ3n) is 4.69. The van der Waals surface area contributed by atoms with Crippen molar-refractivity contribution < 1.29 is 14.3 Å². The van der Waals surface area contributed by atoms with E-state index in [0.717, 1.165) is 22.5 Å². The average Bonchev–Trinajstić information content (AvgIpc) is 3.64. The Morgan fingerprint density at radius 3 is 1.74 bits per heavy atom. The minimum atomic E-state index is -0.253. The Morgan fingerprint density at radius 1 is 0.737 bits per heavy atom. The number of nitrogens with one attached hydrogen (secondary N) is 2. The number of aromatic nitrogens is 4. The van der Waals surface area contributed by atoms with Crippen molar-refractivity contribution in [2.24, 2.45) is 0 Å². The summed E-state index contributed by atoms with van der Waals surface area (Å²) in [5.74, 6) is 0.107. The fourth-order valence-electron chi connectivity index (χ4n) is 2.95. The monoisotopic (exact) mass is 564 g/mol. The molecule has 0 unspecified atom stereocenters. The normalized spacial score (nSPS) is 10.1. The van der Waals surface area contributed by atoms with Crippen molar-refractivity contribution in [3.8, 4) is 28.3 Å². The van der Waals surface area contributed by atoms with Crippen LogP contribution in [-0.2, 0) is 9.59 Å². The van der Waals surface area contributed by atoms with Gasteiger partial charge in [0.15, 0.2) is 16.9 Å². The van der Waals surface area contributed by atoms with E-state index in [4.69, 9.17) is 16.3 Å². The van der Waals surface area contributed by atoms with Gasteiger partial charge in [0.05, 0.1) is 11.4 Å². The molecule has 0 saturated heterocycles. The number of thiazole rings is 2. The number of nitrogens with zero attached hydrogens (tertiary/aromatic N) is 4. The number of hydrogen-bond donors (Lipinski definition) is 2. The van der Waals surface area contributed by atoms with Gasteiger partial charge >= 0.3 is 0 Å². The van der Waals surface area contributed by atoms with Gasteiger partial charge in [0, 0.05) is 46.7 Å². The molecule has 0 radical (unpaired) electrons. The zero-order chi connectivity index (χ0) is 26.6. The van der Waals surface area contributed by atoms with Crippen LogP contribution in [0.15, 0.2) is 90.1 Å². The summed E-state index contributed by atoms with van der Waals surface area (Å²) in [7, 11) is 0.